The average molecular weight is 336 g/mol. The molecule has 0 amide bonds. The molecule has 2 aromatic rings. The molecule has 0 spiro atoms. The Balaban J connectivity index is 1.60. The van der Waals surface area contributed by atoms with Gasteiger partial charge in [-0.3, -0.25) is 0 Å². The molecule has 6 aliphatic heterocycles. The van der Waals surface area contributed by atoms with E-state index in [0.29, 0.717) is 13.2 Å². The zero-order valence-corrected chi connectivity index (χ0v) is 14.8. The van der Waals surface area contributed by atoms with Crippen molar-refractivity contribution in [3.8, 4) is 11.1 Å². The molecule has 6 heterocycles. The topological polar surface area (TPSA) is 34.3 Å². The highest BCUT2D eigenvalue weighted by atomic mass is 16.6. The molecule has 3 heteroatoms. The van der Waals surface area contributed by atoms with Crippen molar-refractivity contribution in [1.29, 1.82) is 0 Å². The molecule has 4 atom stereocenters. The highest BCUT2D eigenvalue weighted by Crippen LogP contribution is 2.44. The lowest BCUT2D eigenvalue weighted by Crippen LogP contribution is -2.09. The second-order valence-corrected chi connectivity index (χ2v) is 7.26. The van der Waals surface area contributed by atoms with Gasteiger partial charge in [0.05, 0.1) is 13.2 Å². The summed E-state index contributed by atoms with van der Waals surface area (Å²) in [5, 5.41) is 0. The SMILES string of the molecule is CCc1cc2ccc1C1OC1COCC1OC1c1ccc-2cc1CC. The van der Waals surface area contributed by atoms with Crippen LogP contribution in [0.25, 0.3) is 11.1 Å². The first kappa shape index (κ1) is 15.6. The van der Waals surface area contributed by atoms with Crippen molar-refractivity contribution in [3.05, 3.63) is 58.7 Å². The van der Waals surface area contributed by atoms with Crippen LogP contribution in [-0.4, -0.2) is 25.4 Å². The number of hydrogen-bond donors (Lipinski definition) is 0. The van der Waals surface area contributed by atoms with Gasteiger partial charge in [-0.15, -0.1) is 0 Å². The molecular weight excluding hydrogens is 312 g/mol. The van der Waals surface area contributed by atoms with Gasteiger partial charge in [-0.2, -0.15) is 0 Å². The quantitative estimate of drug-likeness (QED) is 0.763. The van der Waals surface area contributed by atoms with E-state index in [1.54, 1.807) is 0 Å². The second-order valence-electron chi connectivity index (χ2n) is 7.26. The van der Waals surface area contributed by atoms with Gasteiger partial charge in [-0.05, 0) is 46.2 Å². The number of benzene rings is 2. The monoisotopic (exact) mass is 336 g/mol. The maximum Gasteiger partial charge on any atom is 0.112 e. The molecule has 6 aliphatic rings. The lowest BCUT2D eigenvalue weighted by Gasteiger charge is -2.12. The van der Waals surface area contributed by atoms with Gasteiger partial charge in [-0.25, -0.2) is 0 Å². The zero-order valence-electron chi connectivity index (χ0n) is 14.8. The Bertz CT molecular complexity index is 745. The Morgan fingerprint density at radius 3 is 1.68 bits per heavy atom. The van der Waals surface area contributed by atoms with E-state index in [1.807, 2.05) is 0 Å². The van der Waals surface area contributed by atoms with Crippen LogP contribution in [0.5, 0.6) is 0 Å². The van der Waals surface area contributed by atoms with Crippen molar-refractivity contribution < 1.29 is 14.2 Å². The molecule has 2 aromatic carbocycles. The summed E-state index contributed by atoms with van der Waals surface area (Å²) in [4.78, 5) is 0. The van der Waals surface area contributed by atoms with Gasteiger partial charge in [0.25, 0.3) is 0 Å². The normalized spacial score (nSPS) is 29.5. The first-order valence-corrected chi connectivity index (χ1v) is 9.43. The minimum absolute atomic E-state index is 0.193. The van der Waals surface area contributed by atoms with Gasteiger partial charge in [-0.1, -0.05) is 50.2 Å². The van der Waals surface area contributed by atoms with Crippen LogP contribution in [0.3, 0.4) is 0 Å². The smallest absolute Gasteiger partial charge is 0.112 e. The Morgan fingerprint density at radius 1 is 0.760 bits per heavy atom. The van der Waals surface area contributed by atoms with Crippen LogP contribution in [-0.2, 0) is 27.1 Å². The third-order valence-electron chi connectivity index (χ3n) is 5.72. The number of rotatable bonds is 2. The highest BCUT2D eigenvalue weighted by Gasteiger charge is 2.44. The predicted octanol–water partition coefficient (Wildman–Crippen LogP) is 4.39. The third-order valence-corrected chi connectivity index (χ3v) is 5.72. The fraction of sp³-hybridized carbons (Fsp3) is 0.455. The van der Waals surface area contributed by atoms with Gasteiger partial charge in [0.15, 0.2) is 0 Å². The van der Waals surface area contributed by atoms with Gasteiger partial charge in [0.2, 0.25) is 0 Å². The van der Waals surface area contributed by atoms with Crippen molar-refractivity contribution in [2.24, 2.45) is 0 Å². The van der Waals surface area contributed by atoms with Gasteiger partial charge in [0, 0.05) is 0 Å². The van der Waals surface area contributed by atoms with E-state index in [-0.39, 0.29) is 24.4 Å². The standard InChI is InChI=1S/C22H24O3/c1-3-13-9-15-5-7-17(13)21-19(24-21)11-23-12-20-22(25-20)18-8-6-16(15)10-14(18)4-2/h5-10,19-22H,3-4,11-12H2,1-2H3. The maximum absolute atomic E-state index is 5.89. The molecule has 8 rings (SSSR count). The van der Waals surface area contributed by atoms with E-state index >= 15 is 0 Å². The highest BCUT2D eigenvalue weighted by molar-refractivity contribution is 5.67. The van der Waals surface area contributed by atoms with E-state index in [9.17, 15) is 0 Å². The molecule has 0 radical (unpaired) electrons. The molecule has 0 N–H and O–H groups in total. The molecule has 4 bridgehead atoms. The fourth-order valence-electron chi connectivity index (χ4n) is 4.12. The Kier molecular flexibility index (Phi) is 3.70. The number of aryl methyl sites for hydroxylation is 2. The summed E-state index contributed by atoms with van der Waals surface area (Å²) in [5.74, 6) is 0. The van der Waals surface area contributed by atoms with E-state index in [4.69, 9.17) is 14.2 Å². The van der Waals surface area contributed by atoms with Crippen molar-refractivity contribution in [2.45, 2.75) is 51.1 Å². The van der Waals surface area contributed by atoms with Crippen LogP contribution in [0.4, 0.5) is 0 Å². The maximum atomic E-state index is 5.89. The minimum atomic E-state index is 0.193. The Morgan fingerprint density at radius 2 is 1.24 bits per heavy atom. The lowest BCUT2D eigenvalue weighted by atomic mass is 9.92. The van der Waals surface area contributed by atoms with Crippen molar-refractivity contribution in [2.75, 3.05) is 13.2 Å². The molecule has 4 unspecified atom stereocenters. The van der Waals surface area contributed by atoms with Crippen LogP contribution >= 0.6 is 0 Å². The lowest BCUT2D eigenvalue weighted by molar-refractivity contribution is 0.102. The number of hydrogen-bond acceptors (Lipinski definition) is 3. The third kappa shape index (κ3) is 2.71. The summed E-state index contributed by atoms with van der Waals surface area (Å²) in [6.07, 6.45) is 2.81. The molecule has 2 fully saturated rings. The molecule has 2 saturated heterocycles. The molecule has 0 aromatic heterocycles. The molecule has 0 saturated carbocycles. The zero-order chi connectivity index (χ0) is 17.0. The minimum Gasteiger partial charge on any atom is -0.376 e. The van der Waals surface area contributed by atoms with Gasteiger partial charge in [0.1, 0.15) is 24.4 Å². The Labute approximate surface area is 148 Å². The van der Waals surface area contributed by atoms with Crippen LogP contribution in [0.15, 0.2) is 36.4 Å². The van der Waals surface area contributed by atoms with Crippen LogP contribution in [0, 0.1) is 0 Å². The average Bonchev–Trinajstić information content (AvgIpc) is 3.56. The summed E-state index contributed by atoms with van der Waals surface area (Å²) >= 11 is 0. The molecule has 130 valence electrons. The summed E-state index contributed by atoms with van der Waals surface area (Å²) in [5.41, 5.74) is 7.99. The van der Waals surface area contributed by atoms with E-state index in [1.165, 1.54) is 33.4 Å². The van der Waals surface area contributed by atoms with Crippen LogP contribution < -0.4 is 0 Å². The van der Waals surface area contributed by atoms with Gasteiger partial charge < -0.3 is 14.2 Å². The van der Waals surface area contributed by atoms with Crippen LogP contribution in [0.1, 0.15) is 48.3 Å². The molecular formula is C22H24O3. The van der Waals surface area contributed by atoms with E-state index in [0.717, 1.165) is 12.8 Å². The summed E-state index contributed by atoms with van der Waals surface area (Å²) in [7, 11) is 0. The van der Waals surface area contributed by atoms with Crippen molar-refractivity contribution >= 4 is 0 Å². The Hall–Kier alpha value is -1.68. The van der Waals surface area contributed by atoms with Crippen molar-refractivity contribution in [1.82, 2.24) is 0 Å². The molecule has 0 aliphatic carbocycles. The van der Waals surface area contributed by atoms with E-state index < -0.39 is 0 Å². The molecule has 3 nitrogen and oxygen atoms in total. The molecule has 25 heavy (non-hydrogen) atoms. The largest absolute Gasteiger partial charge is 0.376 e. The summed E-state index contributed by atoms with van der Waals surface area (Å²) in [6, 6.07) is 13.6. The fourth-order valence-corrected chi connectivity index (χ4v) is 4.12. The summed E-state index contributed by atoms with van der Waals surface area (Å²) in [6.45, 7) is 5.74. The first-order valence-electron chi connectivity index (χ1n) is 9.43. The first-order chi connectivity index (χ1) is 12.3. The van der Waals surface area contributed by atoms with Gasteiger partial charge >= 0.3 is 0 Å². The summed E-state index contributed by atoms with van der Waals surface area (Å²) < 4.78 is 17.7. The van der Waals surface area contributed by atoms with Crippen LogP contribution in [0.2, 0.25) is 0 Å². The second kappa shape index (κ2) is 5.94. The van der Waals surface area contributed by atoms with Crippen molar-refractivity contribution in [3.63, 3.8) is 0 Å². The number of ether oxygens (including phenoxy) is 3. The predicted molar refractivity (Wildman–Crippen MR) is 96.7 cm³/mol. The number of epoxide rings is 2. The van der Waals surface area contributed by atoms with E-state index in [2.05, 4.69) is 50.2 Å².